The number of piperazine rings is 1. The average Bonchev–Trinajstić information content (AvgIpc) is 2.86. The minimum atomic E-state index is -0.627. The predicted molar refractivity (Wildman–Crippen MR) is 146 cm³/mol. The zero-order valence-electron chi connectivity index (χ0n) is 21.2. The van der Waals surface area contributed by atoms with Gasteiger partial charge in [0.25, 0.3) is 0 Å². The Morgan fingerprint density at radius 3 is 2.68 bits per heavy atom. The minimum Gasteiger partial charge on any atom is -0.384 e. The van der Waals surface area contributed by atoms with Gasteiger partial charge in [-0.15, -0.1) is 0 Å². The van der Waals surface area contributed by atoms with E-state index in [2.05, 4.69) is 29.1 Å². The van der Waals surface area contributed by atoms with Crippen molar-refractivity contribution in [1.82, 2.24) is 24.8 Å². The lowest BCUT2D eigenvalue weighted by Gasteiger charge is -2.35. The highest BCUT2D eigenvalue weighted by Gasteiger charge is 2.27. The number of benzene rings is 1. The molecule has 4 heterocycles. The molecule has 0 spiro atoms. The zero-order chi connectivity index (χ0) is 26.4. The van der Waals surface area contributed by atoms with Gasteiger partial charge in [0.05, 0.1) is 16.1 Å². The fourth-order valence-electron chi connectivity index (χ4n) is 4.92. The monoisotopic (exact) mass is 521 g/mol. The number of fused-ring (bicyclic) bond motifs is 1. The molecule has 1 aliphatic heterocycles. The summed E-state index contributed by atoms with van der Waals surface area (Å²) in [4.78, 5) is 29.3. The highest BCUT2D eigenvalue weighted by Crippen LogP contribution is 2.34. The third-order valence-electron chi connectivity index (χ3n) is 6.78. The SMILES string of the molecule is Cc1cccc(C(C)C)c1-n1c(=O)nc(N2CCNCC2C)c2cc(F)c(-c3nc(N)ccc3Cl)nc21. The van der Waals surface area contributed by atoms with Crippen LogP contribution in [0.5, 0.6) is 0 Å². The van der Waals surface area contributed by atoms with Crippen molar-refractivity contribution in [2.75, 3.05) is 30.3 Å². The first-order valence-corrected chi connectivity index (χ1v) is 12.7. The van der Waals surface area contributed by atoms with E-state index in [4.69, 9.17) is 22.3 Å². The van der Waals surface area contributed by atoms with Crippen LogP contribution in [0.15, 0.2) is 41.2 Å². The third-order valence-corrected chi connectivity index (χ3v) is 7.09. The van der Waals surface area contributed by atoms with Gasteiger partial charge in [0.2, 0.25) is 0 Å². The standard InChI is InChI=1S/C27H29ClFN7O/c1-14(2)17-7-5-6-15(3)24(17)36-26-18(25(34-27(36)37)35-11-10-31-13-16(35)4)12-20(29)23(33-26)22-19(28)8-9-21(30)32-22/h5-9,12,14,16,31H,10-11,13H2,1-4H3,(H2,30,32). The fourth-order valence-corrected chi connectivity index (χ4v) is 5.12. The van der Waals surface area contributed by atoms with Crippen molar-refractivity contribution in [3.8, 4) is 17.1 Å². The summed E-state index contributed by atoms with van der Waals surface area (Å²) in [5.41, 5.74) is 8.25. The van der Waals surface area contributed by atoms with Crippen LogP contribution in [0.2, 0.25) is 5.02 Å². The first kappa shape index (κ1) is 25.1. The van der Waals surface area contributed by atoms with Crippen molar-refractivity contribution in [2.45, 2.75) is 39.7 Å². The van der Waals surface area contributed by atoms with Gasteiger partial charge in [-0.3, -0.25) is 0 Å². The molecule has 10 heteroatoms. The van der Waals surface area contributed by atoms with Crippen LogP contribution in [0, 0.1) is 12.7 Å². The number of para-hydroxylation sites is 1. The second-order valence-electron chi connectivity index (χ2n) is 9.72. The topological polar surface area (TPSA) is 102 Å². The third kappa shape index (κ3) is 4.42. The van der Waals surface area contributed by atoms with Crippen LogP contribution in [0.1, 0.15) is 37.8 Å². The summed E-state index contributed by atoms with van der Waals surface area (Å²) in [6.45, 7) is 10.2. The van der Waals surface area contributed by atoms with Crippen molar-refractivity contribution in [3.63, 3.8) is 0 Å². The molecule has 1 unspecified atom stereocenters. The van der Waals surface area contributed by atoms with Crippen LogP contribution in [0.4, 0.5) is 16.0 Å². The van der Waals surface area contributed by atoms with Crippen LogP contribution >= 0.6 is 11.6 Å². The van der Waals surface area contributed by atoms with E-state index in [-0.39, 0.29) is 39.8 Å². The summed E-state index contributed by atoms with van der Waals surface area (Å²) in [6.07, 6.45) is 0. The van der Waals surface area contributed by atoms with Gasteiger partial charge in [-0.25, -0.2) is 23.7 Å². The molecular formula is C27H29ClFN7O. The molecule has 0 bridgehead atoms. The van der Waals surface area contributed by atoms with Crippen LogP contribution < -0.4 is 21.6 Å². The Bertz CT molecular complexity index is 1570. The number of halogens is 2. The normalized spacial score (nSPS) is 16.1. The van der Waals surface area contributed by atoms with Crippen molar-refractivity contribution in [1.29, 1.82) is 0 Å². The van der Waals surface area contributed by atoms with Crippen LogP contribution in [0.3, 0.4) is 0 Å². The number of hydrogen-bond donors (Lipinski definition) is 2. The first-order valence-electron chi connectivity index (χ1n) is 12.3. The molecule has 37 heavy (non-hydrogen) atoms. The quantitative estimate of drug-likeness (QED) is 0.409. The second kappa shape index (κ2) is 9.72. The predicted octanol–water partition coefficient (Wildman–Crippen LogP) is 4.45. The fraction of sp³-hybridized carbons (Fsp3) is 0.333. The van der Waals surface area contributed by atoms with Gasteiger partial charge in [-0.1, -0.05) is 43.6 Å². The van der Waals surface area contributed by atoms with E-state index in [1.54, 1.807) is 6.07 Å². The van der Waals surface area contributed by atoms with Crippen LogP contribution in [-0.2, 0) is 0 Å². The van der Waals surface area contributed by atoms with E-state index in [1.807, 2.05) is 36.9 Å². The Hall–Kier alpha value is -3.56. The summed E-state index contributed by atoms with van der Waals surface area (Å²) in [6, 6.07) is 10.4. The highest BCUT2D eigenvalue weighted by molar-refractivity contribution is 6.33. The smallest absolute Gasteiger partial charge is 0.355 e. The Morgan fingerprint density at radius 1 is 1.16 bits per heavy atom. The number of nitrogens with zero attached hydrogens (tertiary/aromatic N) is 5. The van der Waals surface area contributed by atoms with Gasteiger partial charge in [0.15, 0.2) is 11.5 Å². The maximum atomic E-state index is 15.7. The number of anilines is 2. The molecular weight excluding hydrogens is 493 g/mol. The average molecular weight is 522 g/mol. The molecule has 0 aliphatic carbocycles. The zero-order valence-corrected chi connectivity index (χ0v) is 22.0. The first-order chi connectivity index (χ1) is 17.7. The molecule has 1 aliphatic rings. The summed E-state index contributed by atoms with van der Waals surface area (Å²) >= 11 is 6.39. The van der Waals surface area contributed by atoms with Gasteiger partial charge in [-0.05, 0) is 49.1 Å². The van der Waals surface area contributed by atoms with E-state index in [9.17, 15) is 4.79 Å². The Balaban J connectivity index is 1.91. The molecule has 192 valence electrons. The van der Waals surface area contributed by atoms with E-state index in [0.717, 1.165) is 24.2 Å². The molecule has 1 fully saturated rings. The number of aromatic nitrogens is 4. The van der Waals surface area contributed by atoms with Crippen LogP contribution in [-0.4, -0.2) is 45.2 Å². The van der Waals surface area contributed by atoms with Gasteiger partial charge in [0, 0.05) is 25.7 Å². The molecule has 4 aromatic rings. The number of nitrogen functional groups attached to an aromatic ring is 1. The molecule has 8 nitrogen and oxygen atoms in total. The number of aryl methyl sites for hydroxylation is 1. The number of nitrogens with two attached hydrogens (primary N) is 1. The summed E-state index contributed by atoms with van der Waals surface area (Å²) < 4.78 is 17.2. The maximum absolute atomic E-state index is 15.7. The van der Waals surface area contributed by atoms with Gasteiger partial charge in [-0.2, -0.15) is 4.98 Å². The molecule has 0 radical (unpaired) electrons. The van der Waals surface area contributed by atoms with E-state index >= 15 is 4.39 Å². The molecule has 1 atom stereocenters. The Kier molecular flexibility index (Phi) is 6.59. The van der Waals surface area contributed by atoms with Gasteiger partial charge >= 0.3 is 5.69 Å². The number of nitrogens with one attached hydrogen (secondary N) is 1. The molecule has 3 aromatic heterocycles. The Morgan fingerprint density at radius 2 is 1.95 bits per heavy atom. The van der Waals surface area contributed by atoms with Crippen molar-refractivity contribution in [3.05, 3.63) is 68.8 Å². The number of hydrogen-bond acceptors (Lipinski definition) is 7. The molecule has 5 rings (SSSR count). The Labute approximate surface area is 219 Å². The molecule has 0 amide bonds. The van der Waals surface area contributed by atoms with Crippen molar-refractivity contribution in [2.24, 2.45) is 0 Å². The molecule has 1 saturated heterocycles. The molecule has 0 saturated carbocycles. The highest BCUT2D eigenvalue weighted by atomic mass is 35.5. The second-order valence-corrected chi connectivity index (χ2v) is 10.1. The van der Waals surface area contributed by atoms with Gasteiger partial charge in [0.1, 0.15) is 23.0 Å². The van der Waals surface area contributed by atoms with E-state index in [0.29, 0.717) is 23.4 Å². The van der Waals surface area contributed by atoms with Crippen LogP contribution in [0.25, 0.3) is 28.1 Å². The van der Waals surface area contributed by atoms with Crippen molar-refractivity contribution >= 4 is 34.3 Å². The number of pyridine rings is 2. The lowest BCUT2D eigenvalue weighted by molar-refractivity contribution is 0.497. The van der Waals surface area contributed by atoms with E-state index < -0.39 is 11.5 Å². The van der Waals surface area contributed by atoms with Gasteiger partial charge < -0.3 is 16.0 Å². The van der Waals surface area contributed by atoms with E-state index in [1.165, 1.54) is 16.7 Å². The van der Waals surface area contributed by atoms with Crippen molar-refractivity contribution < 1.29 is 4.39 Å². The molecule has 1 aromatic carbocycles. The summed E-state index contributed by atoms with van der Waals surface area (Å²) in [5.74, 6) is 0.0886. The summed E-state index contributed by atoms with van der Waals surface area (Å²) in [7, 11) is 0. The molecule has 3 N–H and O–H groups in total. The number of rotatable bonds is 4. The largest absolute Gasteiger partial charge is 0.384 e. The lowest BCUT2D eigenvalue weighted by atomic mass is 9.98. The lowest BCUT2D eigenvalue weighted by Crippen LogP contribution is -2.50. The summed E-state index contributed by atoms with van der Waals surface area (Å²) in [5, 5.41) is 3.98. The minimum absolute atomic E-state index is 0.0529. The maximum Gasteiger partial charge on any atom is 0.355 e.